The van der Waals surface area contributed by atoms with Gasteiger partial charge in [-0.05, 0) is 12.5 Å². The van der Waals surface area contributed by atoms with E-state index in [1.54, 1.807) is 6.07 Å². The number of halogens is 3. The van der Waals surface area contributed by atoms with Crippen LogP contribution in [0.3, 0.4) is 0 Å². The molecule has 1 aromatic carbocycles. The van der Waals surface area contributed by atoms with Gasteiger partial charge < -0.3 is 10.1 Å². The van der Waals surface area contributed by atoms with Crippen LogP contribution in [0.2, 0.25) is 0 Å². The van der Waals surface area contributed by atoms with E-state index in [4.69, 9.17) is 4.74 Å². The quantitative estimate of drug-likeness (QED) is 0.367. The second-order valence-corrected chi connectivity index (χ2v) is 5.72. The summed E-state index contributed by atoms with van der Waals surface area (Å²) >= 11 is 0. The zero-order chi connectivity index (χ0) is 19.9. The number of nitrogens with zero attached hydrogens (tertiary/aromatic N) is 3. The van der Waals surface area contributed by atoms with Gasteiger partial charge in [0.05, 0.1) is 11.5 Å². The van der Waals surface area contributed by atoms with Crippen LogP contribution in [0, 0.1) is 10.1 Å². The van der Waals surface area contributed by atoms with E-state index >= 15 is 0 Å². The monoisotopic (exact) mass is 384 g/mol. The number of rotatable bonds is 9. The molecule has 0 fully saturated rings. The Labute approximate surface area is 153 Å². The van der Waals surface area contributed by atoms with E-state index < -0.39 is 22.5 Å². The van der Waals surface area contributed by atoms with Crippen molar-refractivity contribution in [2.24, 2.45) is 0 Å². The van der Waals surface area contributed by atoms with Crippen molar-refractivity contribution >= 4 is 17.3 Å². The number of hydrogen-bond donors (Lipinski definition) is 1. The summed E-state index contributed by atoms with van der Waals surface area (Å²) in [5.74, 6) is -0.823. The number of ether oxygens (including phenoxy) is 1. The van der Waals surface area contributed by atoms with E-state index in [0.717, 1.165) is 19.3 Å². The molecule has 0 bridgehead atoms. The summed E-state index contributed by atoms with van der Waals surface area (Å²) in [6.07, 6.45) is -0.678. The SMILES string of the molecule is CCCCCCOc1nc(Nc2ccccc2[N+](=O)[O-])ncc1C(F)(F)F. The third-order valence-electron chi connectivity index (χ3n) is 3.64. The van der Waals surface area contributed by atoms with Crippen molar-refractivity contribution in [1.82, 2.24) is 9.97 Å². The topological polar surface area (TPSA) is 90.2 Å². The molecule has 0 radical (unpaired) electrons. The third kappa shape index (κ3) is 5.80. The van der Waals surface area contributed by atoms with E-state index in [-0.39, 0.29) is 23.9 Å². The van der Waals surface area contributed by atoms with Crippen LogP contribution in [0.5, 0.6) is 5.88 Å². The molecule has 0 amide bonds. The lowest BCUT2D eigenvalue weighted by molar-refractivity contribution is -0.383. The highest BCUT2D eigenvalue weighted by Crippen LogP contribution is 2.36. The molecule has 0 spiro atoms. The van der Waals surface area contributed by atoms with Gasteiger partial charge in [0.1, 0.15) is 11.3 Å². The Bertz CT molecular complexity index is 784. The number of benzene rings is 1. The second kappa shape index (κ2) is 9.15. The fourth-order valence-corrected chi connectivity index (χ4v) is 2.29. The van der Waals surface area contributed by atoms with E-state index in [0.29, 0.717) is 12.6 Å². The van der Waals surface area contributed by atoms with Crippen molar-refractivity contribution in [2.75, 3.05) is 11.9 Å². The van der Waals surface area contributed by atoms with Gasteiger partial charge in [-0.3, -0.25) is 10.1 Å². The van der Waals surface area contributed by atoms with Crippen molar-refractivity contribution in [3.8, 4) is 5.88 Å². The van der Waals surface area contributed by atoms with Crippen LogP contribution in [-0.4, -0.2) is 21.5 Å². The predicted molar refractivity (Wildman–Crippen MR) is 93.1 cm³/mol. The van der Waals surface area contributed by atoms with Crippen LogP contribution < -0.4 is 10.1 Å². The summed E-state index contributed by atoms with van der Waals surface area (Å²) in [6, 6.07) is 5.69. The average Bonchev–Trinajstić information content (AvgIpc) is 2.61. The predicted octanol–water partition coefficient (Wildman–Crippen LogP) is 5.11. The molecular formula is C17H19F3N4O3. The van der Waals surface area contributed by atoms with Crippen molar-refractivity contribution in [3.63, 3.8) is 0 Å². The van der Waals surface area contributed by atoms with Crippen molar-refractivity contribution in [1.29, 1.82) is 0 Å². The number of anilines is 2. The molecule has 0 unspecified atom stereocenters. The molecule has 2 aromatic rings. The Morgan fingerprint density at radius 1 is 1.22 bits per heavy atom. The van der Waals surface area contributed by atoms with Gasteiger partial charge in [0.15, 0.2) is 0 Å². The minimum Gasteiger partial charge on any atom is -0.477 e. The van der Waals surface area contributed by atoms with Crippen LogP contribution in [0.15, 0.2) is 30.5 Å². The standard InChI is InChI=1S/C17H19F3N4O3/c1-2-3-4-7-10-27-15-12(17(18,19)20)11-21-16(23-15)22-13-8-5-6-9-14(13)24(25)26/h5-6,8-9,11H,2-4,7,10H2,1H3,(H,21,22,23). The Balaban J connectivity index is 2.23. The third-order valence-corrected chi connectivity index (χ3v) is 3.64. The Kier molecular flexibility index (Phi) is 6.91. The molecule has 0 aliphatic rings. The van der Waals surface area contributed by atoms with Gasteiger partial charge in [0.25, 0.3) is 5.69 Å². The lowest BCUT2D eigenvalue weighted by Crippen LogP contribution is -2.13. The lowest BCUT2D eigenvalue weighted by Gasteiger charge is -2.14. The second-order valence-electron chi connectivity index (χ2n) is 5.72. The Morgan fingerprint density at radius 2 is 1.96 bits per heavy atom. The highest BCUT2D eigenvalue weighted by atomic mass is 19.4. The van der Waals surface area contributed by atoms with E-state index in [2.05, 4.69) is 15.3 Å². The molecular weight excluding hydrogens is 365 g/mol. The first-order valence-corrected chi connectivity index (χ1v) is 8.40. The highest BCUT2D eigenvalue weighted by Gasteiger charge is 2.36. The van der Waals surface area contributed by atoms with Crippen molar-refractivity contribution < 1.29 is 22.8 Å². The molecule has 0 saturated heterocycles. The van der Waals surface area contributed by atoms with Gasteiger partial charge in [0, 0.05) is 12.3 Å². The molecule has 7 nitrogen and oxygen atoms in total. The number of nitrogens with one attached hydrogen (secondary N) is 1. The average molecular weight is 384 g/mol. The largest absolute Gasteiger partial charge is 0.477 e. The number of nitro groups is 1. The van der Waals surface area contributed by atoms with Gasteiger partial charge in [-0.25, -0.2) is 4.98 Å². The van der Waals surface area contributed by atoms with E-state index in [1.165, 1.54) is 18.2 Å². The molecule has 0 aliphatic carbocycles. The molecule has 0 atom stereocenters. The van der Waals surface area contributed by atoms with Gasteiger partial charge in [-0.2, -0.15) is 18.2 Å². The number of alkyl halides is 3. The first-order chi connectivity index (χ1) is 12.8. The maximum Gasteiger partial charge on any atom is 0.423 e. The number of unbranched alkanes of at least 4 members (excludes halogenated alkanes) is 3. The first-order valence-electron chi connectivity index (χ1n) is 8.40. The van der Waals surface area contributed by atoms with Crippen LogP contribution in [0.25, 0.3) is 0 Å². The fourth-order valence-electron chi connectivity index (χ4n) is 2.29. The zero-order valence-corrected chi connectivity index (χ0v) is 14.6. The number of aromatic nitrogens is 2. The first kappa shape index (κ1) is 20.4. The summed E-state index contributed by atoms with van der Waals surface area (Å²) < 4.78 is 44.6. The van der Waals surface area contributed by atoms with Gasteiger partial charge >= 0.3 is 6.18 Å². The summed E-state index contributed by atoms with van der Waals surface area (Å²) in [5.41, 5.74) is -1.27. The minimum atomic E-state index is -4.67. The van der Waals surface area contributed by atoms with Crippen LogP contribution in [0.4, 0.5) is 30.5 Å². The lowest BCUT2D eigenvalue weighted by atomic mass is 10.2. The van der Waals surface area contributed by atoms with Gasteiger partial charge in [-0.1, -0.05) is 38.3 Å². The summed E-state index contributed by atoms with van der Waals surface area (Å²) in [7, 11) is 0. The smallest absolute Gasteiger partial charge is 0.423 e. The molecule has 0 aliphatic heterocycles. The summed E-state index contributed by atoms with van der Waals surface area (Å²) in [6.45, 7) is 2.11. The normalized spacial score (nSPS) is 11.3. The van der Waals surface area contributed by atoms with Crippen LogP contribution in [0.1, 0.15) is 38.2 Å². The molecule has 2 rings (SSSR count). The molecule has 1 aromatic heterocycles. The maximum absolute atomic E-state index is 13.1. The zero-order valence-electron chi connectivity index (χ0n) is 14.6. The molecule has 1 N–H and O–H groups in total. The van der Waals surface area contributed by atoms with Gasteiger partial charge in [-0.15, -0.1) is 0 Å². The van der Waals surface area contributed by atoms with Gasteiger partial charge in [0.2, 0.25) is 11.8 Å². The van der Waals surface area contributed by atoms with E-state index in [1.807, 2.05) is 6.92 Å². The van der Waals surface area contributed by atoms with Crippen molar-refractivity contribution in [2.45, 2.75) is 38.8 Å². The fraction of sp³-hybridized carbons (Fsp3) is 0.412. The van der Waals surface area contributed by atoms with Crippen LogP contribution >= 0.6 is 0 Å². The number of para-hydroxylation sites is 2. The number of nitro benzene ring substituents is 1. The molecule has 146 valence electrons. The highest BCUT2D eigenvalue weighted by molar-refractivity contribution is 5.66. The Morgan fingerprint density at radius 3 is 2.63 bits per heavy atom. The summed E-state index contributed by atoms with van der Waals surface area (Å²) in [5, 5.41) is 13.6. The molecule has 10 heteroatoms. The van der Waals surface area contributed by atoms with Crippen molar-refractivity contribution in [3.05, 3.63) is 46.1 Å². The summed E-state index contributed by atoms with van der Waals surface area (Å²) in [4.78, 5) is 17.8. The number of hydrogen-bond acceptors (Lipinski definition) is 6. The van der Waals surface area contributed by atoms with E-state index in [9.17, 15) is 23.3 Å². The molecule has 0 saturated carbocycles. The Hall–Kier alpha value is -2.91. The minimum absolute atomic E-state index is 0.0659. The van der Waals surface area contributed by atoms with Crippen LogP contribution in [-0.2, 0) is 6.18 Å². The molecule has 27 heavy (non-hydrogen) atoms. The maximum atomic E-state index is 13.1. The molecule has 1 heterocycles.